The number of nitro benzene ring substituents is 1. The molecule has 0 unspecified atom stereocenters. The summed E-state index contributed by atoms with van der Waals surface area (Å²) >= 11 is 0. The fraction of sp³-hybridized carbons (Fsp3) is 0.120. The van der Waals surface area contributed by atoms with Crippen molar-refractivity contribution in [3.8, 4) is 0 Å². The molecule has 3 N–H and O–H groups in total. The number of non-ortho nitro benzene ring substituents is 1. The molecule has 0 aliphatic carbocycles. The van der Waals surface area contributed by atoms with Crippen LogP contribution < -0.4 is 16.0 Å². The number of carbonyl (C=O) groups is 2. The molecule has 9 nitrogen and oxygen atoms in total. The lowest BCUT2D eigenvalue weighted by Gasteiger charge is -2.15. The Morgan fingerprint density at radius 1 is 0.971 bits per heavy atom. The molecule has 1 heterocycles. The van der Waals surface area contributed by atoms with Crippen LogP contribution in [-0.4, -0.2) is 42.3 Å². The van der Waals surface area contributed by atoms with Crippen molar-refractivity contribution < 1.29 is 14.5 Å². The van der Waals surface area contributed by atoms with E-state index in [1.807, 2.05) is 44.4 Å². The summed E-state index contributed by atoms with van der Waals surface area (Å²) in [6.07, 6.45) is 0. The number of benzene rings is 3. The summed E-state index contributed by atoms with van der Waals surface area (Å²) < 4.78 is 0. The quantitative estimate of drug-likeness (QED) is 0.280. The van der Waals surface area contributed by atoms with Gasteiger partial charge in [-0.15, -0.1) is 0 Å². The first-order valence-corrected chi connectivity index (χ1v) is 10.5. The van der Waals surface area contributed by atoms with Gasteiger partial charge in [-0.25, -0.2) is 0 Å². The van der Waals surface area contributed by atoms with Gasteiger partial charge in [-0.2, -0.15) is 0 Å². The van der Waals surface area contributed by atoms with E-state index in [9.17, 15) is 19.7 Å². The monoisotopic (exact) mass is 457 g/mol. The van der Waals surface area contributed by atoms with Gasteiger partial charge in [0, 0.05) is 34.8 Å². The Labute approximate surface area is 196 Å². The van der Waals surface area contributed by atoms with Crippen molar-refractivity contribution in [2.24, 2.45) is 0 Å². The highest BCUT2D eigenvalue weighted by Gasteiger charge is 2.30. The fourth-order valence-electron chi connectivity index (χ4n) is 3.67. The van der Waals surface area contributed by atoms with Crippen LogP contribution in [0.15, 0.2) is 72.8 Å². The predicted octanol–water partition coefficient (Wildman–Crippen LogP) is 4.03. The second kappa shape index (κ2) is 9.55. The van der Waals surface area contributed by atoms with Crippen molar-refractivity contribution in [1.82, 2.24) is 4.90 Å². The maximum absolute atomic E-state index is 13.0. The highest BCUT2D eigenvalue weighted by Crippen LogP contribution is 2.39. The lowest BCUT2D eigenvalue weighted by Crippen LogP contribution is -2.27. The number of hydrogen-bond donors (Lipinski definition) is 3. The maximum atomic E-state index is 13.0. The van der Waals surface area contributed by atoms with Crippen LogP contribution in [0.25, 0.3) is 11.3 Å². The molecule has 0 saturated carbocycles. The van der Waals surface area contributed by atoms with Crippen LogP contribution in [0.1, 0.15) is 11.1 Å². The lowest BCUT2D eigenvalue weighted by atomic mass is 9.99. The number of hydrogen-bond acceptors (Lipinski definition) is 6. The molecule has 0 spiro atoms. The summed E-state index contributed by atoms with van der Waals surface area (Å²) in [6.45, 7) is 0.269. The third kappa shape index (κ3) is 4.94. The van der Waals surface area contributed by atoms with Gasteiger partial charge >= 0.3 is 0 Å². The second-order valence-corrected chi connectivity index (χ2v) is 8.05. The summed E-state index contributed by atoms with van der Waals surface area (Å²) in [4.78, 5) is 37.6. The van der Waals surface area contributed by atoms with Gasteiger partial charge in [-0.05, 0) is 50.0 Å². The molecule has 1 aliphatic heterocycles. The number of anilines is 3. The summed E-state index contributed by atoms with van der Waals surface area (Å²) in [5, 5.41) is 20.2. The minimum Gasteiger partial charge on any atom is -0.354 e. The van der Waals surface area contributed by atoms with Crippen LogP contribution in [0, 0.1) is 10.1 Å². The van der Waals surface area contributed by atoms with Gasteiger partial charge < -0.3 is 20.9 Å². The van der Waals surface area contributed by atoms with E-state index < -0.39 is 4.92 Å². The Balaban J connectivity index is 1.72. The van der Waals surface area contributed by atoms with Crippen LogP contribution >= 0.6 is 0 Å². The van der Waals surface area contributed by atoms with E-state index in [4.69, 9.17) is 0 Å². The first kappa shape index (κ1) is 22.7. The van der Waals surface area contributed by atoms with E-state index in [0.29, 0.717) is 33.9 Å². The normalized spacial score (nSPS) is 13.8. The standard InChI is InChI=1S/C25H23N5O4/c1-29(2)15-22(31)26-17-8-10-18(11-9-17)27-24(16-6-4-3-5-7-16)23-20-14-19(30(33)34)12-13-21(20)28-25(23)32/h3-14,27H,15H2,1-2H3,(H,26,31)(H,28,32)/b24-23-. The highest BCUT2D eigenvalue weighted by atomic mass is 16.6. The summed E-state index contributed by atoms with van der Waals surface area (Å²) in [5.41, 5.74) is 3.77. The first-order chi connectivity index (χ1) is 16.3. The third-order valence-corrected chi connectivity index (χ3v) is 5.17. The second-order valence-electron chi connectivity index (χ2n) is 8.05. The molecule has 1 aliphatic rings. The molecule has 0 radical (unpaired) electrons. The molecular weight excluding hydrogens is 434 g/mol. The molecule has 0 atom stereocenters. The van der Waals surface area contributed by atoms with Gasteiger partial charge in [0.25, 0.3) is 11.6 Å². The molecule has 34 heavy (non-hydrogen) atoms. The zero-order valence-electron chi connectivity index (χ0n) is 18.7. The molecule has 0 fully saturated rings. The van der Waals surface area contributed by atoms with Crippen LogP contribution in [0.4, 0.5) is 22.7 Å². The number of likely N-dealkylation sites (N-methyl/N-ethyl adjacent to an activating group) is 1. The molecule has 9 heteroatoms. The van der Waals surface area contributed by atoms with E-state index in [-0.39, 0.29) is 24.0 Å². The van der Waals surface area contributed by atoms with Crippen molar-refractivity contribution in [1.29, 1.82) is 0 Å². The Morgan fingerprint density at radius 2 is 1.62 bits per heavy atom. The van der Waals surface area contributed by atoms with Gasteiger partial charge in [0.15, 0.2) is 0 Å². The molecule has 4 rings (SSSR count). The molecule has 3 aromatic rings. The summed E-state index contributed by atoms with van der Waals surface area (Å²) in [7, 11) is 3.63. The smallest absolute Gasteiger partial charge is 0.270 e. The number of rotatable bonds is 7. The number of amides is 2. The minimum atomic E-state index is -0.486. The summed E-state index contributed by atoms with van der Waals surface area (Å²) in [5.74, 6) is -0.479. The van der Waals surface area contributed by atoms with Gasteiger partial charge in [0.2, 0.25) is 5.91 Å². The molecule has 172 valence electrons. The predicted molar refractivity (Wildman–Crippen MR) is 132 cm³/mol. The molecule has 0 aromatic heterocycles. The van der Waals surface area contributed by atoms with Crippen molar-refractivity contribution in [3.05, 3.63) is 94.0 Å². The zero-order chi connectivity index (χ0) is 24.2. The van der Waals surface area contributed by atoms with Crippen molar-refractivity contribution >= 4 is 45.8 Å². The average molecular weight is 457 g/mol. The molecule has 3 aromatic carbocycles. The number of nitrogens with zero attached hydrogens (tertiary/aromatic N) is 2. The van der Waals surface area contributed by atoms with Crippen LogP contribution in [0.2, 0.25) is 0 Å². The van der Waals surface area contributed by atoms with E-state index in [0.717, 1.165) is 5.56 Å². The largest absolute Gasteiger partial charge is 0.354 e. The van der Waals surface area contributed by atoms with Crippen LogP contribution in [0.3, 0.4) is 0 Å². The lowest BCUT2D eigenvalue weighted by molar-refractivity contribution is -0.384. The SMILES string of the molecule is CN(C)CC(=O)Nc1ccc(N/C(=C2\C(=O)Nc3ccc([N+](=O)[O-])cc32)c2ccccc2)cc1. The molecule has 0 saturated heterocycles. The average Bonchev–Trinajstić information content (AvgIpc) is 3.13. The van der Waals surface area contributed by atoms with E-state index in [2.05, 4.69) is 16.0 Å². The maximum Gasteiger partial charge on any atom is 0.270 e. The van der Waals surface area contributed by atoms with Gasteiger partial charge in [0.1, 0.15) is 0 Å². The van der Waals surface area contributed by atoms with Crippen molar-refractivity contribution in [2.45, 2.75) is 0 Å². The fourth-order valence-corrected chi connectivity index (χ4v) is 3.67. The number of nitro groups is 1. The Kier molecular flexibility index (Phi) is 6.37. The molecular formula is C25H23N5O4. The third-order valence-electron chi connectivity index (χ3n) is 5.17. The molecule has 2 amide bonds. The van der Waals surface area contributed by atoms with Gasteiger partial charge in [-0.1, -0.05) is 30.3 Å². The van der Waals surface area contributed by atoms with Gasteiger partial charge in [0.05, 0.1) is 22.7 Å². The van der Waals surface area contributed by atoms with Crippen molar-refractivity contribution in [2.75, 3.05) is 36.6 Å². The van der Waals surface area contributed by atoms with Gasteiger partial charge in [-0.3, -0.25) is 19.7 Å². The van der Waals surface area contributed by atoms with Crippen LogP contribution in [-0.2, 0) is 9.59 Å². The minimum absolute atomic E-state index is 0.0991. The number of fused-ring (bicyclic) bond motifs is 1. The highest BCUT2D eigenvalue weighted by molar-refractivity contribution is 6.37. The Hall–Kier alpha value is -4.50. The summed E-state index contributed by atoms with van der Waals surface area (Å²) in [6, 6.07) is 20.7. The number of carbonyl (C=O) groups excluding carboxylic acids is 2. The Bertz CT molecular complexity index is 1280. The zero-order valence-corrected chi connectivity index (χ0v) is 18.7. The topological polar surface area (TPSA) is 117 Å². The van der Waals surface area contributed by atoms with Crippen LogP contribution in [0.5, 0.6) is 0 Å². The number of nitrogens with one attached hydrogen (secondary N) is 3. The first-order valence-electron chi connectivity index (χ1n) is 10.5. The van der Waals surface area contributed by atoms with E-state index in [1.54, 1.807) is 29.2 Å². The Morgan fingerprint density at radius 3 is 2.24 bits per heavy atom. The van der Waals surface area contributed by atoms with E-state index >= 15 is 0 Å². The molecule has 0 bridgehead atoms. The van der Waals surface area contributed by atoms with E-state index in [1.165, 1.54) is 18.2 Å². The van der Waals surface area contributed by atoms with Crippen molar-refractivity contribution in [3.63, 3.8) is 0 Å².